The second kappa shape index (κ2) is 11.7. The molecular weight excluding hydrogens is 418 g/mol. The highest BCUT2D eigenvalue weighted by Crippen LogP contribution is 2.14. The van der Waals surface area contributed by atoms with Crippen molar-refractivity contribution >= 4 is 29.2 Å². The Hall–Kier alpha value is -2.65. The average molecular weight is 448 g/mol. The van der Waals surface area contributed by atoms with Crippen molar-refractivity contribution in [1.82, 2.24) is 25.4 Å². The number of halogens is 1. The van der Waals surface area contributed by atoms with Gasteiger partial charge in [0.1, 0.15) is 12.4 Å². The lowest BCUT2D eigenvalue weighted by Gasteiger charge is -2.25. The lowest BCUT2D eigenvalue weighted by molar-refractivity contribution is -0.116. The van der Waals surface area contributed by atoms with Crippen LogP contribution in [0, 0.1) is 0 Å². The van der Waals surface area contributed by atoms with Crippen molar-refractivity contribution in [2.75, 3.05) is 25.5 Å². The number of aromatic nitrogens is 3. The van der Waals surface area contributed by atoms with Gasteiger partial charge in [-0.05, 0) is 44.0 Å². The molecule has 0 aliphatic carbocycles. The average Bonchev–Trinajstić information content (AvgIpc) is 3.15. The van der Waals surface area contributed by atoms with Gasteiger partial charge in [-0.3, -0.25) is 9.79 Å². The van der Waals surface area contributed by atoms with Crippen LogP contribution in [0.2, 0.25) is 5.02 Å². The molecule has 0 radical (unpaired) electrons. The van der Waals surface area contributed by atoms with Crippen molar-refractivity contribution in [3.8, 4) is 0 Å². The first-order chi connectivity index (χ1) is 15.1. The van der Waals surface area contributed by atoms with Gasteiger partial charge in [0.2, 0.25) is 5.91 Å². The largest absolute Gasteiger partial charge is 0.377 e. The van der Waals surface area contributed by atoms with E-state index in [2.05, 4.69) is 31.0 Å². The topological polar surface area (TPSA) is 105 Å². The molecule has 3 N–H and O–H groups in total. The van der Waals surface area contributed by atoms with Crippen LogP contribution in [0.4, 0.5) is 5.69 Å². The fourth-order valence-electron chi connectivity index (χ4n) is 3.37. The minimum absolute atomic E-state index is 0.0339. The van der Waals surface area contributed by atoms with Gasteiger partial charge in [-0.1, -0.05) is 11.6 Å². The molecule has 0 saturated heterocycles. The minimum Gasteiger partial charge on any atom is -0.377 e. The summed E-state index contributed by atoms with van der Waals surface area (Å²) in [5.41, 5.74) is 0.742. The predicted octanol–water partition coefficient (Wildman–Crippen LogP) is 2.37. The summed E-state index contributed by atoms with van der Waals surface area (Å²) in [5.74, 6) is 2.44. The summed E-state index contributed by atoms with van der Waals surface area (Å²) in [7, 11) is 1.64. The normalized spacial score (nSPS) is 16.0. The SMILES string of the molecule is CCNC(=NCCCC(=O)Nc1ccc(Cl)cc1)NC1CCc2nc(COC)nn2C1. The molecule has 9 nitrogen and oxygen atoms in total. The van der Waals surface area contributed by atoms with E-state index in [1.807, 2.05) is 11.6 Å². The van der Waals surface area contributed by atoms with Crippen molar-refractivity contribution in [2.45, 2.75) is 51.8 Å². The first-order valence-corrected chi connectivity index (χ1v) is 11.0. The van der Waals surface area contributed by atoms with Gasteiger partial charge in [0.05, 0.1) is 6.54 Å². The molecule has 10 heteroatoms. The third-order valence-corrected chi connectivity index (χ3v) is 5.07. The number of amides is 1. The molecule has 1 aromatic heterocycles. The molecule has 1 unspecified atom stereocenters. The van der Waals surface area contributed by atoms with Gasteiger partial charge < -0.3 is 20.7 Å². The van der Waals surface area contributed by atoms with E-state index < -0.39 is 0 Å². The van der Waals surface area contributed by atoms with Crippen LogP contribution in [0.25, 0.3) is 0 Å². The molecule has 0 bridgehead atoms. The van der Waals surface area contributed by atoms with Crippen LogP contribution in [-0.2, 0) is 29.1 Å². The Balaban J connectivity index is 1.45. The number of ether oxygens (including phenoxy) is 1. The number of rotatable bonds is 9. The lowest BCUT2D eigenvalue weighted by Crippen LogP contribution is -2.47. The summed E-state index contributed by atoms with van der Waals surface area (Å²) in [4.78, 5) is 21.2. The standard InChI is InChI=1S/C21H30ClN7O2/c1-3-23-21(24-12-4-5-20(30)25-16-8-6-15(22)7-9-16)26-17-10-11-19-27-18(14-31-2)28-29(19)13-17/h6-9,17H,3-5,10-14H2,1-2H3,(H,25,30)(H2,23,24,26). The van der Waals surface area contributed by atoms with E-state index in [9.17, 15) is 4.79 Å². The number of aryl methyl sites for hydroxylation is 1. The number of nitrogens with zero attached hydrogens (tertiary/aromatic N) is 4. The van der Waals surface area contributed by atoms with Gasteiger partial charge in [0.15, 0.2) is 11.8 Å². The molecule has 3 rings (SSSR count). The summed E-state index contributed by atoms with van der Waals surface area (Å²) in [6.45, 7) is 4.52. The second-order valence-corrected chi connectivity index (χ2v) is 7.80. The third-order valence-electron chi connectivity index (χ3n) is 4.82. The number of carbonyl (C=O) groups is 1. The minimum atomic E-state index is -0.0339. The van der Waals surface area contributed by atoms with Crippen LogP contribution in [0.1, 0.15) is 37.8 Å². The number of carbonyl (C=O) groups excluding carboxylic acids is 1. The van der Waals surface area contributed by atoms with Crippen molar-refractivity contribution < 1.29 is 9.53 Å². The monoisotopic (exact) mass is 447 g/mol. The van der Waals surface area contributed by atoms with Crippen molar-refractivity contribution in [3.05, 3.63) is 40.9 Å². The molecule has 1 aliphatic rings. The van der Waals surface area contributed by atoms with Crippen LogP contribution >= 0.6 is 11.6 Å². The van der Waals surface area contributed by atoms with Gasteiger partial charge >= 0.3 is 0 Å². The highest BCUT2D eigenvalue weighted by atomic mass is 35.5. The zero-order valence-electron chi connectivity index (χ0n) is 18.0. The molecule has 1 amide bonds. The fraction of sp³-hybridized carbons (Fsp3) is 0.524. The van der Waals surface area contributed by atoms with E-state index in [-0.39, 0.29) is 11.9 Å². The van der Waals surface area contributed by atoms with E-state index in [0.29, 0.717) is 31.0 Å². The predicted molar refractivity (Wildman–Crippen MR) is 121 cm³/mol. The zero-order valence-corrected chi connectivity index (χ0v) is 18.8. The Bertz CT molecular complexity index is 882. The first-order valence-electron chi connectivity index (χ1n) is 10.6. The van der Waals surface area contributed by atoms with Crippen LogP contribution in [0.3, 0.4) is 0 Å². The number of benzene rings is 1. The van der Waals surface area contributed by atoms with Crippen molar-refractivity contribution in [1.29, 1.82) is 0 Å². The Morgan fingerprint density at radius 2 is 2.16 bits per heavy atom. The third kappa shape index (κ3) is 7.22. The van der Waals surface area contributed by atoms with E-state index >= 15 is 0 Å². The van der Waals surface area contributed by atoms with Crippen LogP contribution in [0.5, 0.6) is 0 Å². The van der Waals surface area contributed by atoms with Crippen LogP contribution < -0.4 is 16.0 Å². The molecule has 168 valence electrons. The van der Waals surface area contributed by atoms with E-state index in [1.165, 1.54) is 0 Å². The lowest BCUT2D eigenvalue weighted by atomic mass is 10.1. The molecule has 0 spiro atoms. The van der Waals surface area contributed by atoms with Crippen molar-refractivity contribution in [3.63, 3.8) is 0 Å². The summed E-state index contributed by atoms with van der Waals surface area (Å²) in [5, 5.41) is 14.8. The number of nitrogens with one attached hydrogen (secondary N) is 3. The maximum absolute atomic E-state index is 12.1. The van der Waals surface area contributed by atoms with Gasteiger partial charge in [0, 0.05) is 49.8 Å². The summed E-state index contributed by atoms with van der Waals surface area (Å²) in [6.07, 6.45) is 2.88. The number of anilines is 1. The van der Waals surface area contributed by atoms with Gasteiger partial charge in [0.25, 0.3) is 0 Å². The number of hydrogen-bond acceptors (Lipinski definition) is 5. The van der Waals surface area contributed by atoms with Crippen LogP contribution in [-0.4, -0.2) is 52.9 Å². The fourth-order valence-corrected chi connectivity index (χ4v) is 3.50. The molecule has 2 aromatic rings. The van der Waals surface area contributed by atoms with E-state index in [0.717, 1.165) is 49.2 Å². The maximum Gasteiger partial charge on any atom is 0.224 e. The molecule has 31 heavy (non-hydrogen) atoms. The number of aliphatic imine (C=N–C) groups is 1. The maximum atomic E-state index is 12.1. The van der Waals surface area contributed by atoms with Gasteiger partial charge in [-0.25, -0.2) is 9.67 Å². The second-order valence-electron chi connectivity index (χ2n) is 7.36. The highest BCUT2D eigenvalue weighted by Gasteiger charge is 2.22. The quantitative estimate of drug-likeness (QED) is 0.309. The number of hydrogen-bond donors (Lipinski definition) is 3. The summed E-state index contributed by atoms with van der Waals surface area (Å²) < 4.78 is 7.07. The highest BCUT2D eigenvalue weighted by molar-refractivity contribution is 6.30. The molecule has 1 aliphatic heterocycles. The number of guanidine groups is 1. The first kappa shape index (κ1) is 23.0. The molecule has 2 heterocycles. The molecule has 0 fully saturated rings. The summed E-state index contributed by atoms with van der Waals surface area (Å²) >= 11 is 5.86. The zero-order chi connectivity index (χ0) is 22.1. The molecule has 0 saturated carbocycles. The Kier molecular flexibility index (Phi) is 8.66. The van der Waals surface area contributed by atoms with E-state index in [1.54, 1.807) is 31.4 Å². The van der Waals surface area contributed by atoms with Gasteiger partial charge in [-0.2, -0.15) is 5.10 Å². The Morgan fingerprint density at radius 1 is 1.35 bits per heavy atom. The van der Waals surface area contributed by atoms with Crippen LogP contribution in [0.15, 0.2) is 29.3 Å². The van der Waals surface area contributed by atoms with Crippen molar-refractivity contribution in [2.24, 2.45) is 4.99 Å². The summed E-state index contributed by atoms with van der Waals surface area (Å²) in [6, 6.07) is 7.29. The van der Waals surface area contributed by atoms with Gasteiger partial charge in [-0.15, -0.1) is 0 Å². The molecular formula is C21H30ClN7O2. The number of methoxy groups -OCH3 is 1. The molecule has 1 atom stereocenters. The number of fused-ring (bicyclic) bond motifs is 1. The Labute approximate surface area is 187 Å². The molecule has 1 aromatic carbocycles. The van der Waals surface area contributed by atoms with E-state index in [4.69, 9.17) is 16.3 Å². The smallest absolute Gasteiger partial charge is 0.224 e. The Morgan fingerprint density at radius 3 is 2.90 bits per heavy atom.